The fraction of sp³-hybridized carbons (Fsp3) is 0.300. The first-order valence-electron chi connectivity index (χ1n) is 8.71. The molecule has 1 heterocycles. The van der Waals surface area contributed by atoms with Crippen LogP contribution in [0.25, 0.3) is 11.0 Å². The zero-order valence-corrected chi connectivity index (χ0v) is 14.4. The second-order valence-corrected chi connectivity index (χ2v) is 6.91. The number of aliphatic hydroxyl groups excluding tert-OH is 1. The first-order chi connectivity index (χ1) is 12.5. The summed E-state index contributed by atoms with van der Waals surface area (Å²) in [5, 5.41) is 12.7. The summed E-state index contributed by atoms with van der Waals surface area (Å²) in [7, 11) is 0. The van der Waals surface area contributed by atoms with Crippen molar-refractivity contribution in [3.05, 3.63) is 65.2 Å². The van der Waals surface area contributed by atoms with E-state index in [2.05, 4.69) is 15.3 Å². The van der Waals surface area contributed by atoms with Gasteiger partial charge in [0.05, 0.1) is 23.2 Å². The minimum Gasteiger partial charge on any atom is -0.393 e. The van der Waals surface area contributed by atoms with E-state index in [1.54, 1.807) is 18.2 Å². The zero-order chi connectivity index (χ0) is 18.3. The van der Waals surface area contributed by atoms with Gasteiger partial charge in [0.25, 0.3) is 5.91 Å². The molecular formula is C20H20FN3O2. The Balaban J connectivity index is 1.64. The SMILES string of the molecule is Cc1nc2c(C(=O)N[C@@H](c3ccc(F)cc3)C3CC(O)C3)cccc2[nH]1. The predicted molar refractivity (Wildman–Crippen MR) is 96.2 cm³/mol. The summed E-state index contributed by atoms with van der Waals surface area (Å²) in [4.78, 5) is 20.5. The molecule has 4 rings (SSSR count). The molecule has 3 aromatic rings. The number of hydrogen-bond donors (Lipinski definition) is 3. The molecule has 134 valence electrons. The van der Waals surface area contributed by atoms with Crippen LogP contribution >= 0.6 is 0 Å². The number of aromatic amines is 1. The lowest BCUT2D eigenvalue weighted by Crippen LogP contribution is -2.41. The van der Waals surface area contributed by atoms with E-state index < -0.39 is 0 Å². The highest BCUT2D eigenvalue weighted by Gasteiger charge is 2.36. The molecular weight excluding hydrogens is 333 g/mol. The summed E-state index contributed by atoms with van der Waals surface area (Å²) in [6.07, 6.45) is 0.902. The van der Waals surface area contributed by atoms with Gasteiger partial charge >= 0.3 is 0 Å². The summed E-state index contributed by atoms with van der Waals surface area (Å²) < 4.78 is 13.3. The van der Waals surface area contributed by atoms with E-state index in [0.29, 0.717) is 23.9 Å². The van der Waals surface area contributed by atoms with Gasteiger partial charge in [-0.3, -0.25) is 4.79 Å². The van der Waals surface area contributed by atoms with Crippen molar-refractivity contribution >= 4 is 16.9 Å². The highest BCUT2D eigenvalue weighted by atomic mass is 19.1. The van der Waals surface area contributed by atoms with Crippen LogP contribution in [0.15, 0.2) is 42.5 Å². The van der Waals surface area contributed by atoms with Crippen LogP contribution in [0.1, 0.15) is 40.6 Å². The molecule has 0 unspecified atom stereocenters. The summed E-state index contributed by atoms with van der Waals surface area (Å²) >= 11 is 0. The fourth-order valence-corrected chi connectivity index (χ4v) is 3.60. The molecule has 1 aromatic heterocycles. The number of amides is 1. The number of nitrogens with one attached hydrogen (secondary N) is 2. The van der Waals surface area contributed by atoms with E-state index in [1.807, 2.05) is 19.1 Å². The van der Waals surface area contributed by atoms with E-state index in [-0.39, 0.29) is 29.8 Å². The van der Waals surface area contributed by atoms with Crippen molar-refractivity contribution in [2.45, 2.75) is 31.9 Å². The molecule has 26 heavy (non-hydrogen) atoms. The minimum absolute atomic E-state index is 0.125. The van der Waals surface area contributed by atoms with Gasteiger partial charge in [-0.1, -0.05) is 18.2 Å². The Hall–Kier alpha value is -2.73. The number of carbonyl (C=O) groups excluding carboxylic acids is 1. The number of rotatable bonds is 4. The van der Waals surface area contributed by atoms with Crippen molar-refractivity contribution in [3.63, 3.8) is 0 Å². The van der Waals surface area contributed by atoms with Crippen molar-refractivity contribution in [3.8, 4) is 0 Å². The van der Waals surface area contributed by atoms with Crippen molar-refractivity contribution < 1.29 is 14.3 Å². The second kappa shape index (κ2) is 6.53. The van der Waals surface area contributed by atoms with Gasteiger partial charge in [-0.05, 0) is 55.5 Å². The number of nitrogens with zero attached hydrogens (tertiary/aromatic N) is 1. The number of aromatic nitrogens is 2. The van der Waals surface area contributed by atoms with Gasteiger partial charge in [-0.15, -0.1) is 0 Å². The maximum atomic E-state index is 13.3. The second-order valence-electron chi connectivity index (χ2n) is 6.91. The molecule has 0 spiro atoms. The van der Waals surface area contributed by atoms with Crippen molar-refractivity contribution in [2.24, 2.45) is 5.92 Å². The molecule has 0 aliphatic heterocycles. The number of halogens is 1. The minimum atomic E-state index is -0.336. The molecule has 1 saturated carbocycles. The maximum absolute atomic E-state index is 13.3. The molecule has 1 amide bonds. The number of benzene rings is 2. The van der Waals surface area contributed by atoms with E-state index in [1.165, 1.54) is 12.1 Å². The van der Waals surface area contributed by atoms with Gasteiger partial charge in [0.2, 0.25) is 0 Å². The molecule has 0 radical (unpaired) electrons. The molecule has 1 atom stereocenters. The van der Waals surface area contributed by atoms with Crippen LogP contribution in [-0.4, -0.2) is 27.1 Å². The van der Waals surface area contributed by atoms with Gasteiger partial charge in [0.15, 0.2) is 0 Å². The van der Waals surface area contributed by atoms with Gasteiger partial charge in [-0.2, -0.15) is 0 Å². The molecule has 5 nitrogen and oxygen atoms in total. The van der Waals surface area contributed by atoms with E-state index in [4.69, 9.17) is 0 Å². The number of aliphatic hydroxyl groups is 1. The highest BCUT2D eigenvalue weighted by molar-refractivity contribution is 6.05. The van der Waals surface area contributed by atoms with Crippen LogP contribution < -0.4 is 5.32 Å². The topological polar surface area (TPSA) is 78.0 Å². The molecule has 3 N–H and O–H groups in total. The fourth-order valence-electron chi connectivity index (χ4n) is 3.60. The molecule has 1 aliphatic rings. The van der Waals surface area contributed by atoms with Crippen LogP contribution in [-0.2, 0) is 0 Å². The lowest BCUT2D eigenvalue weighted by Gasteiger charge is -2.38. The number of carbonyl (C=O) groups is 1. The van der Waals surface area contributed by atoms with E-state index >= 15 is 0 Å². The lowest BCUT2D eigenvalue weighted by atomic mass is 9.75. The molecule has 1 aliphatic carbocycles. The van der Waals surface area contributed by atoms with Crippen molar-refractivity contribution in [1.82, 2.24) is 15.3 Å². The molecule has 6 heteroatoms. The summed E-state index contributed by atoms with van der Waals surface area (Å²) in [5.74, 6) is 0.332. The monoisotopic (exact) mass is 353 g/mol. The van der Waals surface area contributed by atoms with Crippen LogP contribution in [0.5, 0.6) is 0 Å². The smallest absolute Gasteiger partial charge is 0.254 e. The molecule has 0 saturated heterocycles. The average Bonchev–Trinajstić information content (AvgIpc) is 2.98. The number of hydrogen-bond acceptors (Lipinski definition) is 3. The number of para-hydroxylation sites is 1. The first kappa shape index (κ1) is 16.7. The molecule has 2 aromatic carbocycles. The standard InChI is InChI=1S/C20H20FN3O2/c1-11-22-17-4-2-3-16(19(17)23-11)20(26)24-18(13-9-15(25)10-13)12-5-7-14(21)8-6-12/h2-8,13,15,18,25H,9-10H2,1H3,(H,22,23)(H,24,26)/t13?,15?,18-/m0/s1. The van der Waals surface area contributed by atoms with Crippen molar-refractivity contribution in [1.29, 1.82) is 0 Å². The molecule has 0 bridgehead atoms. The molecule has 1 fully saturated rings. The average molecular weight is 353 g/mol. The van der Waals surface area contributed by atoms with Gasteiger partial charge in [0.1, 0.15) is 17.2 Å². The third-order valence-electron chi connectivity index (χ3n) is 5.01. The quantitative estimate of drug-likeness (QED) is 0.674. The number of H-pyrrole nitrogens is 1. The predicted octanol–water partition coefficient (Wildman–Crippen LogP) is 3.25. The highest BCUT2D eigenvalue weighted by Crippen LogP contribution is 2.38. The van der Waals surface area contributed by atoms with Crippen LogP contribution in [0.3, 0.4) is 0 Å². The normalized spacial score (nSPS) is 20.6. The first-order valence-corrected chi connectivity index (χ1v) is 8.71. The zero-order valence-electron chi connectivity index (χ0n) is 14.4. The van der Waals surface area contributed by atoms with Gasteiger partial charge in [0, 0.05) is 0 Å². The Kier molecular flexibility index (Phi) is 4.20. The Bertz CT molecular complexity index is 945. The summed E-state index contributed by atoms with van der Waals surface area (Å²) in [6, 6.07) is 11.3. The third kappa shape index (κ3) is 3.08. The number of fused-ring (bicyclic) bond motifs is 1. The van der Waals surface area contributed by atoms with Crippen molar-refractivity contribution in [2.75, 3.05) is 0 Å². The van der Waals surface area contributed by atoms with E-state index in [0.717, 1.165) is 16.9 Å². The summed E-state index contributed by atoms with van der Waals surface area (Å²) in [6.45, 7) is 1.85. The Morgan fingerprint density at radius 2 is 2.00 bits per heavy atom. The lowest BCUT2D eigenvalue weighted by molar-refractivity contribution is 0.0235. The Labute approximate surface area is 150 Å². The van der Waals surface area contributed by atoms with Crippen LogP contribution in [0.4, 0.5) is 4.39 Å². The third-order valence-corrected chi connectivity index (χ3v) is 5.01. The largest absolute Gasteiger partial charge is 0.393 e. The van der Waals surface area contributed by atoms with Crippen LogP contribution in [0.2, 0.25) is 0 Å². The van der Waals surface area contributed by atoms with Gasteiger partial charge in [-0.25, -0.2) is 9.37 Å². The summed E-state index contributed by atoms with van der Waals surface area (Å²) in [5.41, 5.74) is 2.78. The van der Waals surface area contributed by atoms with Gasteiger partial charge < -0.3 is 15.4 Å². The number of aryl methyl sites for hydroxylation is 1. The Morgan fingerprint density at radius 3 is 2.69 bits per heavy atom. The van der Waals surface area contributed by atoms with Crippen LogP contribution in [0, 0.1) is 18.7 Å². The maximum Gasteiger partial charge on any atom is 0.254 e. The Morgan fingerprint density at radius 1 is 1.27 bits per heavy atom. The van der Waals surface area contributed by atoms with E-state index in [9.17, 15) is 14.3 Å². The number of imidazole rings is 1.